The van der Waals surface area contributed by atoms with E-state index in [2.05, 4.69) is 5.32 Å². The second kappa shape index (κ2) is 9.47. The summed E-state index contributed by atoms with van der Waals surface area (Å²) < 4.78 is 38.2. The lowest BCUT2D eigenvalue weighted by Gasteiger charge is -2.24. The van der Waals surface area contributed by atoms with Gasteiger partial charge in [0.1, 0.15) is 12.3 Å². The third-order valence-electron chi connectivity index (χ3n) is 4.58. The number of hydrogen-bond acceptors (Lipinski definition) is 5. The fourth-order valence-corrected chi connectivity index (χ4v) is 4.64. The minimum Gasteiger partial charge on any atom is -0.497 e. The maximum Gasteiger partial charge on any atom is 0.264 e. The summed E-state index contributed by atoms with van der Waals surface area (Å²) in [6.45, 7) is 0.660. The van der Waals surface area contributed by atoms with Gasteiger partial charge in [-0.2, -0.15) is 0 Å². The minimum atomic E-state index is -4.00. The van der Waals surface area contributed by atoms with E-state index in [4.69, 9.17) is 21.1 Å². The number of methoxy groups -OCH3 is 1. The molecule has 2 aromatic rings. The van der Waals surface area contributed by atoms with Gasteiger partial charge >= 0.3 is 0 Å². The van der Waals surface area contributed by atoms with Crippen molar-refractivity contribution >= 4 is 33.2 Å². The predicted molar refractivity (Wildman–Crippen MR) is 111 cm³/mol. The number of nitrogens with one attached hydrogen (secondary N) is 1. The Kier molecular flexibility index (Phi) is 7.00. The van der Waals surface area contributed by atoms with Gasteiger partial charge in [0.05, 0.1) is 23.8 Å². The molecule has 0 aliphatic carbocycles. The van der Waals surface area contributed by atoms with Gasteiger partial charge in [0.15, 0.2) is 0 Å². The zero-order valence-corrected chi connectivity index (χ0v) is 17.6. The Balaban J connectivity index is 1.84. The molecule has 29 heavy (non-hydrogen) atoms. The summed E-state index contributed by atoms with van der Waals surface area (Å²) in [5.41, 5.74) is 0.306. The van der Waals surface area contributed by atoms with Gasteiger partial charge in [0.2, 0.25) is 5.91 Å². The third-order valence-corrected chi connectivity index (χ3v) is 6.60. The first-order chi connectivity index (χ1) is 13.9. The van der Waals surface area contributed by atoms with Gasteiger partial charge in [-0.1, -0.05) is 17.7 Å². The van der Waals surface area contributed by atoms with Crippen LogP contribution in [-0.2, 0) is 19.6 Å². The number of nitrogens with zero attached hydrogens (tertiary/aromatic N) is 1. The van der Waals surface area contributed by atoms with Crippen LogP contribution in [0.1, 0.15) is 12.8 Å². The van der Waals surface area contributed by atoms with E-state index in [0.717, 1.165) is 17.1 Å². The summed E-state index contributed by atoms with van der Waals surface area (Å²) in [5.74, 6) is 0.116. The molecule has 0 saturated carbocycles. The Morgan fingerprint density at radius 3 is 2.66 bits per heavy atom. The van der Waals surface area contributed by atoms with E-state index in [1.54, 1.807) is 30.3 Å². The number of ether oxygens (including phenoxy) is 2. The molecule has 2 aromatic carbocycles. The lowest BCUT2D eigenvalue weighted by Crippen LogP contribution is -2.42. The van der Waals surface area contributed by atoms with Crippen molar-refractivity contribution in [1.82, 2.24) is 5.32 Å². The van der Waals surface area contributed by atoms with Crippen LogP contribution < -0.4 is 14.4 Å². The van der Waals surface area contributed by atoms with Crippen molar-refractivity contribution < 1.29 is 22.7 Å². The van der Waals surface area contributed by atoms with Crippen molar-refractivity contribution in [1.29, 1.82) is 0 Å². The zero-order chi connectivity index (χ0) is 20.9. The Bertz CT molecular complexity index is 944. The molecule has 0 unspecified atom stereocenters. The van der Waals surface area contributed by atoms with Crippen LogP contribution in [0.15, 0.2) is 53.4 Å². The number of carbonyl (C=O) groups is 1. The standard InChI is InChI=1S/C20H23ClN2O5S/c1-27-17-7-9-19(10-8-17)29(25,26)23(16-5-2-4-15(21)12-16)14-20(24)22-13-18-6-3-11-28-18/h2,4-5,7-10,12,18H,3,6,11,13-14H2,1H3,(H,22,24)/t18-/m0/s1. The molecule has 0 radical (unpaired) electrons. The number of halogens is 1. The normalized spacial score (nSPS) is 16.4. The monoisotopic (exact) mass is 438 g/mol. The summed E-state index contributed by atoms with van der Waals surface area (Å²) in [7, 11) is -2.50. The van der Waals surface area contributed by atoms with E-state index in [1.807, 2.05) is 0 Å². The second-order valence-corrected chi connectivity index (χ2v) is 8.90. The Labute approximate surface area is 175 Å². The van der Waals surface area contributed by atoms with Gasteiger partial charge in [-0.05, 0) is 55.3 Å². The fourth-order valence-electron chi connectivity index (χ4n) is 3.04. The molecule has 1 N–H and O–H groups in total. The van der Waals surface area contributed by atoms with Gasteiger partial charge in [-0.3, -0.25) is 9.10 Å². The van der Waals surface area contributed by atoms with Crippen molar-refractivity contribution in [3.05, 3.63) is 53.6 Å². The second-order valence-electron chi connectivity index (χ2n) is 6.61. The molecule has 3 rings (SSSR count). The molecule has 1 saturated heterocycles. The average Bonchev–Trinajstić information content (AvgIpc) is 3.24. The molecule has 1 amide bonds. The molecule has 0 aromatic heterocycles. The average molecular weight is 439 g/mol. The highest BCUT2D eigenvalue weighted by Crippen LogP contribution is 2.27. The summed E-state index contributed by atoms with van der Waals surface area (Å²) in [5, 5.41) is 3.13. The number of sulfonamides is 1. The smallest absolute Gasteiger partial charge is 0.264 e. The van der Waals surface area contributed by atoms with E-state index >= 15 is 0 Å². The molecule has 1 aliphatic heterocycles. The summed E-state index contributed by atoms with van der Waals surface area (Å²) in [6.07, 6.45) is 1.81. The van der Waals surface area contributed by atoms with Crippen LogP contribution >= 0.6 is 11.6 Å². The molecule has 1 aliphatic rings. The lowest BCUT2D eigenvalue weighted by molar-refractivity contribution is -0.120. The number of carbonyl (C=O) groups excluding carboxylic acids is 1. The van der Waals surface area contributed by atoms with Crippen LogP contribution in [-0.4, -0.2) is 47.2 Å². The first-order valence-corrected chi connectivity index (χ1v) is 11.0. The highest BCUT2D eigenvalue weighted by molar-refractivity contribution is 7.92. The highest BCUT2D eigenvalue weighted by Gasteiger charge is 2.28. The molecule has 1 fully saturated rings. The Hall–Kier alpha value is -2.29. The molecule has 7 nitrogen and oxygen atoms in total. The molecule has 156 valence electrons. The molecule has 0 bridgehead atoms. The quantitative estimate of drug-likeness (QED) is 0.685. The number of rotatable bonds is 8. The molecular formula is C20H23ClN2O5S. The van der Waals surface area contributed by atoms with Gasteiger partial charge in [-0.15, -0.1) is 0 Å². The topological polar surface area (TPSA) is 84.9 Å². The van der Waals surface area contributed by atoms with Crippen LogP contribution in [0.25, 0.3) is 0 Å². The first-order valence-electron chi connectivity index (χ1n) is 9.21. The largest absolute Gasteiger partial charge is 0.497 e. The van der Waals surface area contributed by atoms with Crippen molar-refractivity contribution in [3.63, 3.8) is 0 Å². The van der Waals surface area contributed by atoms with Crippen molar-refractivity contribution in [2.45, 2.75) is 23.8 Å². The van der Waals surface area contributed by atoms with Gasteiger partial charge in [0.25, 0.3) is 10.0 Å². The van der Waals surface area contributed by atoms with Crippen LogP contribution in [0.5, 0.6) is 5.75 Å². The molecule has 9 heteroatoms. The van der Waals surface area contributed by atoms with Crippen LogP contribution in [0.2, 0.25) is 5.02 Å². The van der Waals surface area contributed by atoms with Crippen molar-refractivity contribution in [3.8, 4) is 5.75 Å². The van der Waals surface area contributed by atoms with Crippen LogP contribution in [0, 0.1) is 0 Å². The van der Waals surface area contributed by atoms with Gasteiger partial charge in [-0.25, -0.2) is 8.42 Å². The maximum absolute atomic E-state index is 13.3. The van der Waals surface area contributed by atoms with E-state index in [1.165, 1.54) is 25.3 Å². The number of benzene rings is 2. The fraction of sp³-hybridized carbons (Fsp3) is 0.350. The molecule has 1 heterocycles. The Morgan fingerprint density at radius 1 is 1.28 bits per heavy atom. The number of amides is 1. The first kappa shape index (κ1) is 21.4. The summed E-state index contributed by atoms with van der Waals surface area (Å²) in [6, 6.07) is 12.4. The molecule has 0 spiro atoms. The maximum atomic E-state index is 13.3. The van der Waals surface area contributed by atoms with E-state index in [0.29, 0.717) is 29.6 Å². The lowest BCUT2D eigenvalue weighted by atomic mass is 10.2. The van der Waals surface area contributed by atoms with E-state index < -0.39 is 15.9 Å². The third kappa shape index (κ3) is 5.41. The molecular weight excluding hydrogens is 416 g/mol. The predicted octanol–water partition coefficient (Wildman–Crippen LogP) is 2.84. The SMILES string of the molecule is COc1ccc(S(=O)(=O)N(CC(=O)NC[C@@H]2CCCO2)c2cccc(Cl)c2)cc1. The van der Waals surface area contributed by atoms with Crippen LogP contribution in [0.3, 0.4) is 0 Å². The summed E-state index contributed by atoms with van der Waals surface area (Å²) >= 11 is 6.05. The van der Waals surface area contributed by atoms with E-state index in [-0.39, 0.29) is 17.5 Å². The van der Waals surface area contributed by atoms with Gasteiger partial charge in [0, 0.05) is 18.2 Å². The zero-order valence-electron chi connectivity index (χ0n) is 16.0. The minimum absolute atomic E-state index is 0.0308. The highest BCUT2D eigenvalue weighted by atomic mass is 35.5. The van der Waals surface area contributed by atoms with Crippen molar-refractivity contribution in [2.24, 2.45) is 0 Å². The number of anilines is 1. The van der Waals surface area contributed by atoms with Crippen molar-refractivity contribution in [2.75, 3.05) is 31.1 Å². The van der Waals surface area contributed by atoms with E-state index in [9.17, 15) is 13.2 Å². The molecule has 1 atom stereocenters. The van der Waals surface area contributed by atoms with Crippen LogP contribution in [0.4, 0.5) is 5.69 Å². The Morgan fingerprint density at radius 2 is 2.03 bits per heavy atom. The van der Waals surface area contributed by atoms with Gasteiger partial charge < -0.3 is 14.8 Å². The summed E-state index contributed by atoms with van der Waals surface area (Å²) in [4.78, 5) is 12.6. The number of hydrogen-bond donors (Lipinski definition) is 1.